The second-order valence-corrected chi connectivity index (χ2v) is 8.29. The molecule has 0 bridgehead atoms. The maximum absolute atomic E-state index is 5.68. The van der Waals surface area contributed by atoms with Crippen molar-refractivity contribution >= 4 is 5.96 Å². The molecule has 2 unspecified atom stereocenters. The van der Waals surface area contributed by atoms with Crippen molar-refractivity contribution in [1.82, 2.24) is 15.1 Å². The van der Waals surface area contributed by atoms with Crippen molar-refractivity contribution in [2.45, 2.75) is 38.1 Å². The number of ether oxygens (including phenoxy) is 2. The fourth-order valence-electron chi connectivity index (χ4n) is 5.09. The first-order chi connectivity index (χ1) is 12.3. The smallest absolute Gasteiger partial charge is 0.193 e. The number of likely N-dealkylation sites (tertiary alicyclic amines) is 1. The molecule has 3 heterocycles. The van der Waals surface area contributed by atoms with Gasteiger partial charge in [-0.05, 0) is 31.1 Å². The van der Waals surface area contributed by atoms with Gasteiger partial charge in [0, 0.05) is 58.3 Å². The molecule has 2 atom stereocenters. The van der Waals surface area contributed by atoms with E-state index >= 15 is 0 Å². The summed E-state index contributed by atoms with van der Waals surface area (Å²) in [5.41, 5.74) is 0.612. The molecule has 4 rings (SSSR count). The number of guanidine groups is 1. The Morgan fingerprint density at radius 2 is 2.00 bits per heavy atom. The highest BCUT2D eigenvalue weighted by molar-refractivity contribution is 5.80. The molecule has 3 aliphatic heterocycles. The van der Waals surface area contributed by atoms with Gasteiger partial charge in [-0.1, -0.05) is 6.42 Å². The molecular weight excluding hydrogens is 316 g/mol. The Kier molecular flexibility index (Phi) is 5.48. The van der Waals surface area contributed by atoms with Gasteiger partial charge >= 0.3 is 0 Å². The Hall–Kier alpha value is -0.850. The highest BCUT2D eigenvalue weighted by Crippen LogP contribution is 2.47. The van der Waals surface area contributed by atoms with Crippen molar-refractivity contribution in [2.24, 2.45) is 16.3 Å². The molecule has 6 heteroatoms. The van der Waals surface area contributed by atoms with E-state index < -0.39 is 0 Å². The van der Waals surface area contributed by atoms with Crippen LogP contribution in [0.15, 0.2) is 4.99 Å². The third-order valence-electron chi connectivity index (χ3n) is 6.86. The molecular formula is C19H34N4O2. The summed E-state index contributed by atoms with van der Waals surface area (Å²) in [7, 11) is 1.93. The van der Waals surface area contributed by atoms with Crippen LogP contribution in [0.4, 0.5) is 0 Å². The number of nitrogens with zero attached hydrogens (tertiary/aromatic N) is 3. The van der Waals surface area contributed by atoms with Crippen molar-refractivity contribution in [3.63, 3.8) is 0 Å². The number of aliphatic imine (C=N–C) groups is 1. The van der Waals surface area contributed by atoms with Crippen molar-refractivity contribution in [1.29, 1.82) is 0 Å². The number of hydrogen-bond acceptors (Lipinski definition) is 4. The van der Waals surface area contributed by atoms with E-state index in [1.807, 2.05) is 7.05 Å². The van der Waals surface area contributed by atoms with Gasteiger partial charge in [0.15, 0.2) is 5.96 Å². The van der Waals surface area contributed by atoms with E-state index in [1.165, 1.54) is 38.6 Å². The fourth-order valence-corrected chi connectivity index (χ4v) is 5.09. The van der Waals surface area contributed by atoms with Crippen LogP contribution in [0.5, 0.6) is 0 Å². The number of hydrogen-bond donors (Lipinski definition) is 1. The summed E-state index contributed by atoms with van der Waals surface area (Å²) in [6.45, 7) is 8.91. The molecule has 0 aromatic heterocycles. The first-order valence-corrected chi connectivity index (χ1v) is 10.1. The Morgan fingerprint density at radius 1 is 1.16 bits per heavy atom. The van der Waals surface area contributed by atoms with E-state index in [1.54, 1.807) is 0 Å². The minimum atomic E-state index is 0.517. The first kappa shape index (κ1) is 17.6. The van der Waals surface area contributed by atoms with Crippen LogP contribution in [0.1, 0.15) is 32.1 Å². The summed E-state index contributed by atoms with van der Waals surface area (Å²) < 4.78 is 11.2. The van der Waals surface area contributed by atoms with Crippen LogP contribution in [0.25, 0.3) is 0 Å². The zero-order chi connectivity index (χ0) is 17.1. The molecule has 0 amide bonds. The SMILES string of the molecule is CN=C(NCC(C1CCOC1)N1CCOCC1)N1CCC2(CCC2)C1. The standard InChI is InChI=1S/C19H34N4O2/c1-20-18(23-7-6-19(15-23)4-2-5-19)21-13-17(16-3-10-25-14-16)22-8-11-24-12-9-22/h16-17H,2-15H2,1H3,(H,20,21). The zero-order valence-electron chi connectivity index (χ0n) is 15.7. The molecule has 1 spiro atoms. The highest BCUT2D eigenvalue weighted by Gasteiger charge is 2.43. The van der Waals surface area contributed by atoms with Crippen LogP contribution in [-0.2, 0) is 9.47 Å². The monoisotopic (exact) mass is 350 g/mol. The lowest BCUT2D eigenvalue weighted by Crippen LogP contribution is -2.54. The van der Waals surface area contributed by atoms with Gasteiger partial charge in [-0.2, -0.15) is 0 Å². The van der Waals surface area contributed by atoms with Crippen LogP contribution >= 0.6 is 0 Å². The van der Waals surface area contributed by atoms with Crippen LogP contribution in [0.2, 0.25) is 0 Å². The Balaban J connectivity index is 1.35. The summed E-state index contributed by atoms with van der Waals surface area (Å²) in [6, 6.07) is 0.517. The Labute approximate surface area is 151 Å². The molecule has 0 radical (unpaired) electrons. The van der Waals surface area contributed by atoms with Gasteiger partial charge in [0.05, 0.1) is 19.8 Å². The van der Waals surface area contributed by atoms with Crippen LogP contribution in [0.3, 0.4) is 0 Å². The van der Waals surface area contributed by atoms with Gasteiger partial charge < -0.3 is 19.7 Å². The summed E-state index contributed by atoms with van der Waals surface area (Å²) in [4.78, 5) is 9.68. The molecule has 6 nitrogen and oxygen atoms in total. The summed E-state index contributed by atoms with van der Waals surface area (Å²) in [6.07, 6.45) is 6.76. The number of morpholine rings is 1. The van der Waals surface area contributed by atoms with E-state index in [9.17, 15) is 0 Å². The van der Waals surface area contributed by atoms with E-state index in [0.717, 1.165) is 58.6 Å². The largest absolute Gasteiger partial charge is 0.381 e. The molecule has 1 N–H and O–H groups in total. The quantitative estimate of drug-likeness (QED) is 0.609. The predicted octanol–water partition coefficient (Wildman–Crippen LogP) is 1.18. The van der Waals surface area contributed by atoms with Crippen molar-refractivity contribution < 1.29 is 9.47 Å². The third kappa shape index (κ3) is 3.81. The molecule has 0 aromatic carbocycles. The zero-order valence-corrected chi connectivity index (χ0v) is 15.7. The highest BCUT2D eigenvalue weighted by atomic mass is 16.5. The van der Waals surface area contributed by atoms with Gasteiger partial charge in [-0.3, -0.25) is 9.89 Å². The fraction of sp³-hybridized carbons (Fsp3) is 0.947. The summed E-state index contributed by atoms with van der Waals surface area (Å²) >= 11 is 0. The molecule has 0 aromatic rings. The lowest BCUT2D eigenvalue weighted by molar-refractivity contribution is 0.00234. The van der Waals surface area contributed by atoms with E-state index in [0.29, 0.717) is 17.4 Å². The van der Waals surface area contributed by atoms with Crippen LogP contribution in [-0.4, -0.2) is 88.0 Å². The van der Waals surface area contributed by atoms with Crippen LogP contribution < -0.4 is 5.32 Å². The summed E-state index contributed by atoms with van der Waals surface area (Å²) in [5, 5.41) is 3.71. The minimum absolute atomic E-state index is 0.517. The third-order valence-corrected chi connectivity index (χ3v) is 6.86. The summed E-state index contributed by atoms with van der Waals surface area (Å²) in [5.74, 6) is 1.72. The average molecular weight is 351 g/mol. The van der Waals surface area contributed by atoms with E-state index in [2.05, 4.69) is 20.1 Å². The molecule has 142 valence electrons. The molecule has 4 fully saturated rings. The second kappa shape index (κ2) is 7.80. The first-order valence-electron chi connectivity index (χ1n) is 10.1. The maximum atomic E-state index is 5.68. The van der Waals surface area contributed by atoms with Gasteiger partial charge in [0.1, 0.15) is 0 Å². The van der Waals surface area contributed by atoms with Gasteiger partial charge in [-0.25, -0.2) is 0 Å². The predicted molar refractivity (Wildman–Crippen MR) is 98.9 cm³/mol. The van der Waals surface area contributed by atoms with Crippen molar-refractivity contribution in [3.05, 3.63) is 0 Å². The second-order valence-electron chi connectivity index (χ2n) is 8.29. The van der Waals surface area contributed by atoms with Gasteiger partial charge in [0.25, 0.3) is 0 Å². The molecule has 4 aliphatic rings. The number of nitrogens with one attached hydrogen (secondary N) is 1. The maximum Gasteiger partial charge on any atom is 0.193 e. The topological polar surface area (TPSA) is 49.3 Å². The number of rotatable bonds is 4. The van der Waals surface area contributed by atoms with Gasteiger partial charge in [-0.15, -0.1) is 0 Å². The van der Waals surface area contributed by atoms with Gasteiger partial charge in [0.2, 0.25) is 0 Å². The normalized spacial score (nSPS) is 31.3. The minimum Gasteiger partial charge on any atom is -0.381 e. The average Bonchev–Trinajstić information content (AvgIpc) is 3.29. The van der Waals surface area contributed by atoms with Crippen molar-refractivity contribution in [2.75, 3.05) is 66.2 Å². The molecule has 3 saturated heterocycles. The van der Waals surface area contributed by atoms with E-state index in [4.69, 9.17) is 9.47 Å². The van der Waals surface area contributed by atoms with Crippen LogP contribution in [0, 0.1) is 11.3 Å². The molecule has 1 saturated carbocycles. The van der Waals surface area contributed by atoms with Crippen molar-refractivity contribution in [3.8, 4) is 0 Å². The lowest BCUT2D eigenvalue weighted by Gasteiger charge is -2.39. The molecule has 25 heavy (non-hydrogen) atoms. The van der Waals surface area contributed by atoms with E-state index in [-0.39, 0.29) is 0 Å². The Morgan fingerprint density at radius 3 is 2.60 bits per heavy atom. The lowest BCUT2D eigenvalue weighted by atomic mass is 9.68. The Bertz CT molecular complexity index is 468. The molecule has 1 aliphatic carbocycles.